The molecule has 84 valence electrons. The summed E-state index contributed by atoms with van der Waals surface area (Å²) in [5, 5.41) is 9.97. The first-order valence-corrected chi connectivity index (χ1v) is 5.04. The molecule has 0 aliphatic carbocycles. The molecule has 1 unspecified atom stereocenters. The van der Waals surface area contributed by atoms with Crippen molar-refractivity contribution in [1.82, 2.24) is 0 Å². The highest BCUT2D eigenvalue weighted by Gasteiger charge is 2.21. The van der Waals surface area contributed by atoms with E-state index < -0.39 is 11.9 Å². The van der Waals surface area contributed by atoms with Gasteiger partial charge in [0.15, 0.2) is 0 Å². The topological polar surface area (TPSA) is 76.5 Å². The predicted molar refractivity (Wildman–Crippen MR) is 60.4 cm³/mol. The number of carboxylic acid groups (broad SMARTS) is 1. The lowest BCUT2D eigenvalue weighted by Crippen LogP contribution is -2.21. The highest BCUT2D eigenvalue weighted by Crippen LogP contribution is 2.29. The lowest BCUT2D eigenvalue weighted by Gasteiger charge is -2.11. The summed E-state index contributed by atoms with van der Waals surface area (Å²) < 4.78 is 5.33. The number of carbonyl (C=O) groups is 1. The molecule has 1 aromatic heterocycles. The van der Waals surface area contributed by atoms with Crippen LogP contribution in [0.5, 0.6) is 0 Å². The van der Waals surface area contributed by atoms with E-state index in [0.717, 1.165) is 16.5 Å². The number of rotatable bonds is 3. The van der Waals surface area contributed by atoms with Crippen LogP contribution in [0.1, 0.15) is 17.0 Å². The monoisotopic (exact) mass is 219 g/mol. The summed E-state index contributed by atoms with van der Waals surface area (Å²) in [6.07, 6.45) is 1.63. The van der Waals surface area contributed by atoms with Gasteiger partial charge in [-0.3, -0.25) is 4.79 Å². The molecule has 0 aliphatic rings. The molecule has 0 amide bonds. The molecular weight excluding hydrogens is 206 g/mol. The highest BCUT2D eigenvalue weighted by molar-refractivity contribution is 5.90. The number of hydrogen-bond donors (Lipinski definition) is 2. The molecule has 0 aliphatic heterocycles. The van der Waals surface area contributed by atoms with Crippen LogP contribution in [0.3, 0.4) is 0 Å². The van der Waals surface area contributed by atoms with Gasteiger partial charge in [0.2, 0.25) is 0 Å². The van der Waals surface area contributed by atoms with Crippen molar-refractivity contribution in [2.75, 3.05) is 6.54 Å². The molecular formula is C12H13NO3. The van der Waals surface area contributed by atoms with Crippen molar-refractivity contribution in [3.05, 3.63) is 35.6 Å². The maximum absolute atomic E-state index is 11.1. The third-order valence-electron chi connectivity index (χ3n) is 2.72. The maximum Gasteiger partial charge on any atom is 0.312 e. The summed E-state index contributed by atoms with van der Waals surface area (Å²) in [6.45, 7) is 1.98. The summed E-state index contributed by atoms with van der Waals surface area (Å²) in [4.78, 5) is 11.1. The molecule has 0 spiro atoms. The van der Waals surface area contributed by atoms with Crippen molar-refractivity contribution in [3.63, 3.8) is 0 Å². The number of aryl methyl sites for hydroxylation is 1. The summed E-state index contributed by atoms with van der Waals surface area (Å²) in [5.74, 6) is -1.59. The molecule has 0 bridgehead atoms. The quantitative estimate of drug-likeness (QED) is 0.826. The Morgan fingerprint density at radius 3 is 2.94 bits per heavy atom. The fourth-order valence-corrected chi connectivity index (χ4v) is 1.93. The first-order valence-electron chi connectivity index (χ1n) is 5.04. The maximum atomic E-state index is 11.1. The van der Waals surface area contributed by atoms with Gasteiger partial charge in [-0.05, 0) is 24.1 Å². The number of aliphatic carboxylic acids is 1. The van der Waals surface area contributed by atoms with Gasteiger partial charge in [0.25, 0.3) is 0 Å². The molecule has 1 atom stereocenters. The van der Waals surface area contributed by atoms with Crippen molar-refractivity contribution >= 4 is 16.9 Å². The number of benzene rings is 1. The van der Waals surface area contributed by atoms with Gasteiger partial charge in [0.1, 0.15) is 5.58 Å². The van der Waals surface area contributed by atoms with Crippen LogP contribution in [0.4, 0.5) is 0 Å². The number of carboxylic acids is 1. The van der Waals surface area contributed by atoms with Gasteiger partial charge in [0.05, 0.1) is 12.2 Å². The summed E-state index contributed by atoms with van der Waals surface area (Å²) in [5.41, 5.74) is 7.86. The van der Waals surface area contributed by atoms with E-state index in [4.69, 9.17) is 15.3 Å². The molecule has 0 fully saturated rings. The molecule has 4 heteroatoms. The Balaban J connectivity index is 2.67. The van der Waals surface area contributed by atoms with E-state index in [0.29, 0.717) is 5.58 Å². The summed E-state index contributed by atoms with van der Waals surface area (Å²) in [7, 11) is 0. The van der Waals surface area contributed by atoms with Crippen molar-refractivity contribution in [1.29, 1.82) is 0 Å². The largest absolute Gasteiger partial charge is 0.481 e. The van der Waals surface area contributed by atoms with Crippen LogP contribution in [0.25, 0.3) is 11.0 Å². The predicted octanol–water partition coefficient (Wildman–Crippen LogP) is 1.87. The standard InChI is InChI=1S/C12H13NO3/c1-7-6-16-10-4-2-3-8(11(7)10)9(5-13)12(14)15/h2-4,6,9H,5,13H2,1H3,(H,14,15). The van der Waals surface area contributed by atoms with Gasteiger partial charge in [-0.1, -0.05) is 12.1 Å². The fourth-order valence-electron chi connectivity index (χ4n) is 1.93. The second-order valence-electron chi connectivity index (χ2n) is 3.77. The van der Waals surface area contributed by atoms with Gasteiger partial charge in [0, 0.05) is 11.9 Å². The molecule has 2 rings (SSSR count). The minimum absolute atomic E-state index is 0.0824. The zero-order valence-corrected chi connectivity index (χ0v) is 8.93. The minimum Gasteiger partial charge on any atom is -0.481 e. The molecule has 0 radical (unpaired) electrons. The van der Waals surface area contributed by atoms with Crippen molar-refractivity contribution in [2.45, 2.75) is 12.8 Å². The van der Waals surface area contributed by atoms with Gasteiger partial charge < -0.3 is 15.3 Å². The lowest BCUT2D eigenvalue weighted by molar-refractivity contribution is -0.138. The zero-order valence-electron chi connectivity index (χ0n) is 8.93. The molecule has 0 saturated heterocycles. The Morgan fingerprint density at radius 2 is 2.31 bits per heavy atom. The normalized spacial score (nSPS) is 12.9. The second kappa shape index (κ2) is 3.98. The molecule has 4 nitrogen and oxygen atoms in total. The van der Waals surface area contributed by atoms with Gasteiger partial charge in [-0.15, -0.1) is 0 Å². The van der Waals surface area contributed by atoms with Crippen LogP contribution in [0, 0.1) is 6.92 Å². The Kier molecular flexibility index (Phi) is 2.66. The first-order chi connectivity index (χ1) is 7.65. The van der Waals surface area contributed by atoms with Crippen LogP contribution in [-0.4, -0.2) is 17.6 Å². The van der Waals surface area contributed by atoms with E-state index in [1.54, 1.807) is 18.4 Å². The average molecular weight is 219 g/mol. The third-order valence-corrected chi connectivity index (χ3v) is 2.72. The van der Waals surface area contributed by atoms with Crippen molar-refractivity contribution < 1.29 is 14.3 Å². The van der Waals surface area contributed by atoms with Crippen LogP contribution < -0.4 is 5.73 Å². The van der Waals surface area contributed by atoms with Gasteiger partial charge >= 0.3 is 5.97 Å². The van der Waals surface area contributed by atoms with E-state index in [9.17, 15) is 4.79 Å². The van der Waals surface area contributed by atoms with Crippen LogP contribution in [0.2, 0.25) is 0 Å². The lowest BCUT2D eigenvalue weighted by atomic mass is 9.94. The summed E-state index contributed by atoms with van der Waals surface area (Å²) >= 11 is 0. The number of furan rings is 1. The average Bonchev–Trinajstić information content (AvgIpc) is 2.62. The summed E-state index contributed by atoms with van der Waals surface area (Å²) in [6, 6.07) is 5.39. The molecule has 0 saturated carbocycles. The molecule has 3 N–H and O–H groups in total. The fraction of sp³-hybridized carbons (Fsp3) is 0.250. The van der Waals surface area contributed by atoms with E-state index in [1.807, 2.05) is 13.0 Å². The van der Waals surface area contributed by atoms with Gasteiger partial charge in [-0.2, -0.15) is 0 Å². The SMILES string of the molecule is Cc1coc2cccc(C(CN)C(=O)O)c12. The highest BCUT2D eigenvalue weighted by atomic mass is 16.4. The molecule has 1 heterocycles. The smallest absolute Gasteiger partial charge is 0.312 e. The number of fused-ring (bicyclic) bond motifs is 1. The van der Waals surface area contributed by atoms with E-state index >= 15 is 0 Å². The number of hydrogen-bond acceptors (Lipinski definition) is 3. The molecule has 1 aromatic carbocycles. The first kappa shape index (κ1) is 10.7. The minimum atomic E-state index is -0.907. The van der Waals surface area contributed by atoms with E-state index in [-0.39, 0.29) is 6.54 Å². The Morgan fingerprint density at radius 1 is 1.56 bits per heavy atom. The van der Waals surface area contributed by atoms with Crippen LogP contribution in [0.15, 0.2) is 28.9 Å². The van der Waals surface area contributed by atoms with Gasteiger partial charge in [-0.25, -0.2) is 0 Å². The van der Waals surface area contributed by atoms with Crippen molar-refractivity contribution in [3.8, 4) is 0 Å². The third kappa shape index (κ3) is 1.57. The Labute approximate surface area is 92.7 Å². The second-order valence-corrected chi connectivity index (χ2v) is 3.77. The van der Waals surface area contributed by atoms with E-state index in [1.165, 1.54) is 0 Å². The molecule has 2 aromatic rings. The Hall–Kier alpha value is -1.81. The zero-order chi connectivity index (χ0) is 11.7. The Bertz CT molecular complexity index is 530. The number of nitrogens with two attached hydrogens (primary N) is 1. The van der Waals surface area contributed by atoms with Crippen LogP contribution >= 0.6 is 0 Å². The van der Waals surface area contributed by atoms with E-state index in [2.05, 4.69) is 0 Å². The van der Waals surface area contributed by atoms with Crippen LogP contribution in [-0.2, 0) is 4.79 Å². The van der Waals surface area contributed by atoms with Crippen molar-refractivity contribution in [2.24, 2.45) is 5.73 Å². The molecule has 16 heavy (non-hydrogen) atoms.